The number of carbonyl (C=O) groups is 1. The third-order valence-corrected chi connectivity index (χ3v) is 4.61. The van der Waals surface area contributed by atoms with Crippen LogP contribution in [0.3, 0.4) is 0 Å². The third kappa shape index (κ3) is 3.37. The number of fused-ring (bicyclic) bond motifs is 1. The molecule has 2 rings (SSSR count). The van der Waals surface area contributed by atoms with Crippen LogP contribution in [0.25, 0.3) is 0 Å². The van der Waals surface area contributed by atoms with Crippen molar-refractivity contribution >= 4 is 21.6 Å². The molecule has 0 aliphatic carbocycles. The number of amides is 1. The Bertz CT molecular complexity index is 675. The summed E-state index contributed by atoms with van der Waals surface area (Å²) in [7, 11) is -3.29. The lowest BCUT2D eigenvalue weighted by atomic mass is 10.0. The first-order valence-corrected chi connectivity index (χ1v) is 8.79. The summed E-state index contributed by atoms with van der Waals surface area (Å²) >= 11 is 0. The van der Waals surface area contributed by atoms with Crippen LogP contribution in [0.15, 0.2) is 18.2 Å². The fraction of sp³-hybridized carbons (Fsp3) is 0.533. The largest absolute Gasteiger partial charge is 0.347 e. The highest BCUT2D eigenvalue weighted by Crippen LogP contribution is 2.34. The zero-order chi connectivity index (χ0) is 16.0. The molecule has 0 saturated heterocycles. The molecule has 0 radical (unpaired) electrons. The number of nitrogens with zero attached hydrogens (tertiary/aromatic N) is 1. The molecule has 1 atom stereocenters. The Kier molecular flexibility index (Phi) is 3.78. The first-order chi connectivity index (χ1) is 9.49. The first-order valence-electron chi connectivity index (χ1n) is 6.94. The van der Waals surface area contributed by atoms with E-state index in [1.165, 1.54) is 10.6 Å². The van der Waals surface area contributed by atoms with E-state index in [2.05, 4.69) is 5.32 Å². The Balaban J connectivity index is 2.35. The van der Waals surface area contributed by atoms with E-state index in [1.807, 2.05) is 27.7 Å². The Morgan fingerprint density at radius 2 is 1.95 bits per heavy atom. The smallest absolute Gasteiger partial charge is 0.251 e. The lowest BCUT2D eigenvalue weighted by Crippen LogP contribution is -2.40. The molecular formula is C15H22N2O3S. The number of hydrogen-bond donors (Lipinski definition) is 1. The summed E-state index contributed by atoms with van der Waals surface area (Å²) in [5.74, 6) is -0.143. The van der Waals surface area contributed by atoms with E-state index < -0.39 is 10.0 Å². The molecular weight excluding hydrogens is 288 g/mol. The highest BCUT2D eigenvalue weighted by molar-refractivity contribution is 7.92. The second-order valence-electron chi connectivity index (χ2n) is 6.66. The molecule has 1 aromatic carbocycles. The van der Waals surface area contributed by atoms with Crippen LogP contribution in [0, 0.1) is 0 Å². The van der Waals surface area contributed by atoms with Gasteiger partial charge in [-0.1, -0.05) is 0 Å². The van der Waals surface area contributed by atoms with Gasteiger partial charge in [0.1, 0.15) is 0 Å². The fourth-order valence-corrected chi connectivity index (χ4v) is 3.93. The van der Waals surface area contributed by atoms with Gasteiger partial charge >= 0.3 is 0 Å². The number of nitrogens with one attached hydrogen (secondary N) is 1. The number of benzene rings is 1. The van der Waals surface area contributed by atoms with Gasteiger partial charge in [0.2, 0.25) is 10.0 Å². The zero-order valence-electron chi connectivity index (χ0n) is 13.1. The highest BCUT2D eigenvalue weighted by Gasteiger charge is 2.32. The summed E-state index contributed by atoms with van der Waals surface area (Å²) in [6.07, 6.45) is 1.83. The van der Waals surface area contributed by atoms with E-state index in [0.29, 0.717) is 17.7 Å². The van der Waals surface area contributed by atoms with Gasteiger partial charge in [0, 0.05) is 17.1 Å². The minimum absolute atomic E-state index is 0.115. The standard InChI is InChI=1S/C15H22N2O3S/c1-10-8-12-9-11(14(18)16-15(2,3)4)6-7-13(12)17(10)21(5,19)20/h6-7,9-10H,8H2,1-5H3,(H,16,18)/t10-/m1/s1. The van der Waals surface area contributed by atoms with Crippen molar-refractivity contribution in [1.82, 2.24) is 5.32 Å². The maximum atomic E-state index is 12.2. The van der Waals surface area contributed by atoms with Crippen LogP contribution in [-0.2, 0) is 16.4 Å². The number of anilines is 1. The minimum Gasteiger partial charge on any atom is -0.347 e. The van der Waals surface area contributed by atoms with Gasteiger partial charge in [-0.2, -0.15) is 0 Å². The molecule has 116 valence electrons. The summed E-state index contributed by atoms with van der Waals surface area (Å²) in [6, 6.07) is 5.07. The van der Waals surface area contributed by atoms with E-state index in [0.717, 1.165) is 5.56 Å². The molecule has 1 heterocycles. The van der Waals surface area contributed by atoms with E-state index in [9.17, 15) is 13.2 Å². The van der Waals surface area contributed by atoms with Crippen LogP contribution in [-0.4, -0.2) is 32.2 Å². The number of sulfonamides is 1. The normalized spacial score (nSPS) is 18.5. The molecule has 6 heteroatoms. The highest BCUT2D eigenvalue weighted by atomic mass is 32.2. The molecule has 5 nitrogen and oxygen atoms in total. The van der Waals surface area contributed by atoms with Gasteiger partial charge in [-0.3, -0.25) is 9.10 Å². The molecule has 0 saturated carbocycles. The molecule has 1 N–H and O–H groups in total. The fourth-order valence-electron chi connectivity index (χ4n) is 2.66. The van der Waals surface area contributed by atoms with Gasteiger partial charge < -0.3 is 5.32 Å². The van der Waals surface area contributed by atoms with E-state index in [-0.39, 0.29) is 17.5 Å². The van der Waals surface area contributed by atoms with Crippen molar-refractivity contribution in [3.8, 4) is 0 Å². The minimum atomic E-state index is -3.29. The van der Waals surface area contributed by atoms with E-state index in [4.69, 9.17) is 0 Å². The lowest BCUT2D eigenvalue weighted by molar-refractivity contribution is 0.0919. The molecule has 1 aliphatic rings. The van der Waals surface area contributed by atoms with Crippen LogP contribution >= 0.6 is 0 Å². The molecule has 0 bridgehead atoms. The molecule has 0 spiro atoms. The Hall–Kier alpha value is -1.56. The van der Waals surface area contributed by atoms with Crippen LogP contribution in [0.5, 0.6) is 0 Å². The predicted octanol–water partition coefficient (Wildman–Crippen LogP) is 1.93. The van der Waals surface area contributed by atoms with Gasteiger partial charge in [0.25, 0.3) is 5.91 Å². The molecule has 0 unspecified atom stereocenters. The Labute approximate surface area is 126 Å². The topological polar surface area (TPSA) is 66.5 Å². The number of hydrogen-bond acceptors (Lipinski definition) is 3. The molecule has 0 fully saturated rings. The second-order valence-corrected chi connectivity index (χ2v) is 8.52. The SMILES string of the molecule is C[C@@H]1Cc2cc(C(=O)NC(C)(C)C)ccc2N1S(C)(=O)=O. The molecule has 0 aromatic heterocycles. The Morgan fingerprint density at radius 1 is 1.33 bits per heavy atom. The first kappa shape index (κ1) is 15.8. The second kappa shape index (κ2) is 5.02. The molecule has 1 aliphatic heterocycles. The van der Waals surface area contributed by atoms with Gasteiger partial charge in [0.05, 0.1) is 11.9 Å². The number of carbonyl (C=O) groups excluding carboxylic acids is 1. The van der Waals surface area contributed by atoms with Gasteiger partial charge in [-0.15, -0.1) is 0 Å². The quantitative estimate of drug-likeness (QED) is 0.907. The molecule has 21 heavy (non-hydrogen) atoms. The summed E-state index contributed by atoms with van der Waals surface area (Å²) in [5.41, 5.74) is 1.83. The van der Waals surface area contributed by atoms with Crippen LogP contribution in [0.4, 0.5) is 5.69 Å². The lowest BCUT2D eigenvalue weighted by Gasteiger charge is -2.22. The summed E-state index contributed by atoms with van der Waals surface area (Å²) in [6.45, 7) is 7.64. The van der Waals surface area contributed by atoms with Crippen molar-refractivity contribution in [3.63, 3.8) is 0 Å². The van der Waals surface area contributed by atoms with Gasteiger partial charge in [0.15, 0.2) is 0 Å². The van der Waals surface area contributed by atoms with Gasteiger partial charge in [-0.05, 0) is 57.9 Å². The van der Waals surface area contributed by atoms with Crippen molar-refractivity contribution in [2.24, 2.45) is 0 Å². The van der Waals surface area contributed by atoms with Crippen molar-refractivity contribution in [2.75, 3.05) is 10.6 Å². The van der Waals surface area contributed by atoms with Crippen LogP contribution in [0.1, 0.15) is 43.6 Å². The van der Waals surface area contributed by atoms with E-state index >= 15 is 0 Å². The average molecular weight is 310 g/mol. The summed E-state index contributed by atoms with van der Waals surface area (Å²) in [5, 5.41) is 2.91. The Morgan fingerprint density at radius 3 is 2.48 bits per heavy atom. The number of rotatable bonds is 2. The van der Waals surface area contributed by atoms with Gasteiger partial charge in [-0.25, -0.2) is 8.42 Å². The van der Waals surface area contributed by atoms with Crippen molar-refractivity contribution in [1.29, 1.82) is 0 Å². The van der Waals surface area contributed by atoms with Crippen molar-refractivity contribution < 1.29 is 13.2 Å². The van der Waals surface area contributed by atoms with Crippen molar-refractivity contribution in [2.45, 2.75) is 45.7 Å². The summed E-state index contributed by atoms with van der Waals surface area (Å²) in [4.78, 5) is 12.2. The monoisotopic (exact) mass is 310 g/mol. The average Bonchev–Trinajstić information content (AvgIpc) is 2.60. The van der Waals surface area contributed by atoms with E-state index in [1.54, 1.807) is 18.2 Å². The third-order valence-electron chi connectivity index (χ3n) is 3.34. The van der Waals surface area contributed by atoms with Crippen LogP contribution in [0.2, 0.25) is 0 Å². The molecule has 1 aromatic rings. The molecule has 1 amide bonds. The zero-order valence-corrected chi connectivity index (χ0v) is 13.9. The van der Waals surface area contributed by atoms with Crippen molar-refractivity contribution in [3.05, 3.63) is 29.3 Å². The maximum Gasteiger partial charge on any atom is 0.251 e. The van der Waals surface area contributed by atoms with Crippen LogP contribution < -0.4 is 9.62 Å². The predicted molar refractivity (Wildman–Crippen MR) is 84.2 cm³/mol. The summed E-state index contributed by atoms with van der Waals surface area (Å²) < 4.78 is 25.1. The maximum absolute atomic E-state index is 12.2.